The van der Waals surface area contributed by atoms with Gasteiger partial charge in [-0.1, -0.05) is 54.6 Å². The summed E-state index contributed by atoms with van der Waals surface area (Å²) in [4.78, 5) is 12.8. The zero-order valence-corrected chi connectivity index (χ0v) is 23.2. The van der Waals surface area contributed by atoms with Gasteiger partial charge in [0.25, 0.3) is 15.9 Å². The first-order valence-electron chi connectivity index (χ1n) is 12.3. The standard InChI is InChI=1S/C30H29N3O4S2/c1-21-8-6-9-22(2)28(21)33-39(35,36)27-16-14-25(15-17-27)31-30(38)32-29(34)24-12-7-13-26(20-24)37-19-18-23-10-4-3-5-11-23/h3-17,20,33H,18-19H2,1-2H3,(H2,31,32,34,38). The summed E-state index contributed by atoms with van der Waals surface area (Å²) in [6.45, 7) is 4.19. The van der Waals surface area contributed by atoms with Gasteiger partial charge in [0.15, 0.2) is 5.11 Å². The van der Waals surface area contributed by atoms with Gasteiger partial charge >= 0.3 is 0 Å². The topological polar surface area (TPSA) is 96.5 Å². The van der Waals surface area contributed by atoms with E-state index in [1.165, 1.54) is 17.7 Å². The molecule has 7 nitrogen and oxygen atoms in total. The van der Waals surface area contributed by atoms with Crippen molar-refractivity contribution in [3.05, 3.63) is 119 Å². The number of hydrogen-bond donors (Lipinski definition) is 3. The van der Waals surface area contributed by atoms with Crippen molar-refractivity contribution in [2.45, 2.75) is 25.2 Å². The maximum absolute atomic E-state index is 12.9. The van der Waals surface area contributed by atoms with Crippen molar-refractivity contribution in [2.24, 2.45) is 0 Å². The zero-order valence-electron chi connectivity index (χ0n) is 21.6. The molecule has 3 N–H and O–H groups in total. The van der Waals surface area contributed by atoms with Crippen molar-refractivity contribution in [1.29, 1.82) is 0 Å². The highest BCUT2D eigenvalue weighted by molar-refractivity contribution is 7.92. The monoisotopic (exact) mass is 559 g/mol. The number of sulfonamides is 1. The maximum atomic E-state index is 12.9. The average Bonchev–Trinajstić information content (AvgIpc) is 2.92. The van der Waals surface area contributed by atoms with Crippen LogP contribution in [0.15, 0.2) is 102 Å². The number of benzene rings is 4. The fraction of sp³-hybridized carbons (Fsp3) is 0.133. The molecule has 0 atom stereocenters. The highest BCUT2D eigenvalue weighted by Crippen LogP contribution is 2.24. The molecular weight excluding hydrogens is 530 g/mol. The van der Waals surface area contributed by atoms with E-state index < -0.39 is 15.9 Å². The SMILES string of the molecule is Cc1cccc(C)c1NS(=O)(=O)c1ccc(NC(=S)NC(=O)c2cccc(OCCc3ccccc3)c2)cc1. The van der Waals surface area contributed by atoms with Crippen molar-refractivity contribution in [3.8, 4) is 5.75 Å². The molecule has 0 radical (unpaired) electrons. The normalized spacial score (nSPS) is 10.9. The van der Waals surface area contributed by atoms with Gasteiger partial charge in [0.2, 0.25) is 0 Å². The lowest BCUT2D eigenvalue weighted by atomic mass is 10.1. The Morgan fingerprint density at radius 2 is 1.51 bits per heavy atom. The molecule has 0 saturated carbocycles. The molecule has 0 unspecified atom stereocenters. The minimum Gasteiger partial charge on any atom is -0.493 e. The molecule has 0 aliphatic carbocycles. The largest absolute Gasteiger partial charge is 0.493 e. The van der Waals surface area contributed by atoms with Crippen LogP contribution in [0.3, 0.4) is 0 Å². The molecule has 0 bridgehead atoms. The van der Waals surface area contributed by atoms with E-state index in [0.29, 0.717) is 29.3 Å². The van der Waals surface area contributed by atoms with E-state index >= 15 is 0 Å². The number of anilines is 2. The number of rotatable bonds is 9. The zero-order chi connectivity index (χ0) is 27.8. The van der Waals surface area contributed by atoms with Gasteiger partial charge in [-0.15, -0.1) is 0 Å². The number of ether oxygens (including phenoxy) is 1. The summed E-state index contributed by atoms with van der Waals surface area (Å²) in [6.07, 6.45) is 0.757. The van der Waals surface area contributed by atoms with Crippen LogP contribution in [0.2, 0.25) is 0 Å². The minimum atomic E-state index is -3.78. The average molecular weight is 560 g/mol. The second-order valence-electron chi connectivity index (χ2n) is 8.92. The highest BCUT2D eigenvalue weighted by atomic mass is 32.2. The molecule has 4 aromatic carbocycles. The van der Waals surface area contributed by atoms with E-state index in [2.05, 4.69) is 15.4 Å². The van der Waals surface area contributed by atoms with E-state index in [-0.39, 0.29) is 10.0 Å². The predicted octanol–water partition coefficient (Wildman–Crippen LogP) is 5.85. The highest BCUT2D eigenvalue weighted by Gasteiger charge is 2.17. The number of para-hydroxylation sites is 1. The lowest BCUT2D eigenvalue weighted by Crippen LogP contribution is -2.34. The first-order valence-corrected chi connectivity index (χ1v) is 14.2. The summed E-state index contributed by atoms with van der Waals surface area (Å²) in [7, 11) is -3.78. The van der Waals surface area contributed by atoms with Crippen LogP contribution in [-0.2, 0) is 16.4 Å². The number of carbonyl (C=O) groups is 1. The number of nitrogens with one attached hydrogen (secondary N) is 3. The maximum Gasteiger partial charge on any atom is 0.261 e. The van der Waals surface area contributed by atoms with Gasteiger partial charge in [0.05, 0.1) is 17.2 Å². The molecule has 0 heterocycles. The van der Waals surface area contributed by atoms with Gasteiger partial charge in [-0.05, 0) is 85.2 Å². The molecule has 0 saturated heterocycles. The van der Waals surface area contributed by atoms with Crippen LogP contribution >= 0.6 is 12.2 Å². The molecule has 0 aliphatic rings. The van der Waals surface area contributed by atoms with Crippen molar-refractivity contribution >= 4 is 44.6 Å². The Labute approximate surface area is 234 Å². The van der Waals surface area contributed by atoms with Gasteiger partial charge in [-0.25, -0.2) is 8.42 Å². The molecule has 0 aromatic heterocycles. The van der Waals surface area contributed by atoms with Gasteiger partial charge in [-0.2, -0.15) is 0 Å². The molecule has 39 heavy (non-hydrogen) atoms. The van der Waals surface area contributed by atoms with E-state index in [9.17, 15) is 13.2 Å². The number of amides is 1. The predicted molar refractivity (Wildman–Crippen MR) is 159 cm³/mol. The Morgan fingerprint density at radius 1 is 0.846 bits per heavy atom. The van der Waals surface area contributed by atoms with Gasteiger partial charge in [0.1, 0.15) is 5.75 Å². The number of thiocarbonyl (C=S) groups is 1. The summed E-state index contributed by atoms with van der Waals surface area (Å²) in [5.74, 6) is 0.196. The van der Waals surface area contributed by atoms with Crippen LogP contribution in [0.25, 0.3) is 0 Å². The summed E-state index contributed by atoms with van der Waals surface area (Å²) in [6, 6.07) is 28.6. The van der Waals surface area contributed by atoms with E-state index in [4.69, 9.17) is 17.0 Å². The summed E-state index contributed by atoms with van der Waals surface area (Å²) < 4.78 is 34.2. The molecule has 4 rings (SSSR count). The van der Waals surface area contributed by atoms with E-state index in [1.54, 1.807) is 36.4 Å². The third kappa shape index (κ3) is 7.66. The Kier molecular flexibility index (Phi) is 8.96. The lowest BCUT2D eigenvalue weighted by molar-refractivity contribution is 0.0977. The molecule has 0 spiro atoms. The first kappa shape index (κ1) is 27.8. The first-order chi connectivity index (χ1) is 18.7. The number of hydrogen-bond acceptors (Lipinski definition) is 5. The smallest absolute Gasteiger partial charge is 0.261 e. The molecule has 1 amide bonds. The fourth-order valence-corrected chi connectivity index (χ4v) is 5.30. The van der Waals surface area contributed by atoms with Crippen molar-refractivity contribution in [2.75, 3.05) is 16.6 Å². The Balaban J connectivity index is 1.32. The Morgan fingerprint density at radius 3 is 2.21 bits per heavy atom. The van der Waals surface area contributed by atoms with Gasteiger partial charge < -0.3 is 10.1 Å². The second kappa shape index (κ2) is 12.6. The molecule has 4 aromatic rings. The summed E-state index contributed by atoms with van der Waals surface area (Å²) in [5, 5.41) is 5.63. The van der Waals surface area contributed by atoms with Crippen LogP contribution in [0.1, 0.15) is 27.0 Å². The molecule has 9 heteroatoms. The van der Waals surface area contributed by atoms with Crippen LogP contribution in [0.4, 0.5) is 11.4 Å². The second-order valence-corrected chi connectivity index (χ2v) is 11.0. The number of carbonyl (C=O) groups excluding carboxylic acids is 1. The fourth-order valence-electron chi connectivity index (χ4n) is 3.88. The third-order valence-corrected chi connectivity index (χ3v) is 7.54. The van der Waals surface area contributed by atoms with Crippen LogP contribution in [0, 0.1) is 13.8 Å². The van der Waals surface area contributed by atoms with Crippen molar-refractivity contribution in [3.63, 3.8) is 0 Å². The molecule has 200 valence electrons. The van der Waals surface area contributed by atoms with Gasteiger partial charge in [0, 0.05) is 17.7 Å². The van der Waals surface area contributed by atoms with Crippen molar-refractivity contribution < 1.29 is 17.9 Å². The molecule has 0 fully saturated rings. The Bertz CT molecular complexity index is 1550. The quantitative estimate of drug-likeness (QED) is 0.223. The van der Waals surface area contributed by atoms with Crippen LogP contribution in [-0.4, -0.2) is 26.0 Å². The van der Waals surface area contributed by atoms with Crippen LogP contribution in [0.5, 0.6) is 5.75 Å². The third-order valence-electron chi connectivity index (χ3n) is 5.97. The van der Waals surface area contributed by atoms with E-state index in [0.717, 1.165) is 17.5 Å². The van der Waals surface area contributed by atoms with E-state index in [1.807, 2.05) is 62.4 Å². The Hall–Kier alpha value is -4.21. The van der Waals surface area contributed by atoms with Crippen molar-refractivity contribution in [1.82, 2.24) is 5.32 Å². The van der Waals surface area contributed by atoms with Gasteiger partial charge in [-0.3, -0.25) is 14.8 Å². The molecule has 0 aliphatic heterocycles. The number of aryl methyl sites for hydroxylation is 2. The lowest BCUT2D eigenvalue weighted by Gasteiger charge is -2.14. The van der Waals surface area contributed by atoms with Crippen LogP contribution < -0.4 is 20.1 Å². The molecular formula is C30H29N3O4S2. The summed E-state index contributed by atoms with van der Waals surface area (Å²) in [5.41, 5.74) is 4.34. The summed E-state index contributed by atoms with van der Waals surface area (Å²) >= 11 is 5.29. The minimum absolute atomic E-state index is 0.0830.